The minimum Gasteiger partial charge on any atom is -1.00 e. The molecule has 9 unspecified atom stereocenters. The molecule has 712 valence electrons. The van der Waals surface area contributed by atoms with E-state index in [9.17, 15) is 38.4 Å². The summed E-state index contributed by atoms with van der Waals surface area (Å²) in [7, 11) is 4.75. The van der Waals surface area contributed by atoms with E-state index in [1.54, 1.807) is 91.2 Å². The second-order valence-electron chi connectivity index (χ2n) is 27.9. The van der Waals surface area contributed by atoms with E-state index in [0.717, 1.165) is 91.3 Å². The van der Waals surface area contributed by atoms with E-state index in [2.05, 4.69) is 98.0 Å². The van der Waals surface area contributed by atoms with Crippen LogP contribution in [-0.2, 0) is 71.6 Å². The van der Waals surface area contributed by atoms with Crippen molar-refractivity contribution >= 4 is 128 Å². The molecule has 1 amide bonds. The van der Waals surface area contributed by atoms with E-state index >= 15 is 0 Å². The van der Waals surface area contributed by atoms with Crippen LogP contribution < -0.4 is 45.4 Å². The van der Waals surface area contributed by atoms with Crippen LogP contribution in [-0.4, -0.2) is 236 Å². The van der Waals surface area contributed by atoms with Crippen molar-refractivity contribution in [3.63, 3.8) is 0 Å². The summed E-state index contributed by atoms with van der Waals surface area (Å²) in [5.74, 6) is -2.03. The summed E-state index contributed by atoms with van der Waals surface area (Å²) in [5.41, 5.74) is 15.7. The van der Waals surface area contributed by atoms with Crippen molar-refractivity contribution in [1.82, 2.24) is 5.06 Å². The van der Waals surface area contributed by atoms with Crippen LogP contribution in [0.25, 0.3) is 0 Å². The quantitative estimate of drug-likeness (QED) is 0.00340. The van der Waals surface area contributed by atoms with E-state index in [1.165, 1.54) is 43.9 Å². The number of ether oxygens (including phenoxy) is 6. The van der Waals surface area contributed by atoms with Gasteiger partial charge >= 0.3 is 76.0 Å². The summed E-state index contributed by atoms with van der Waals surface area (Å²) in [4.78, 5) is 102. The van der Waals surface area contributed by atoms with Crippen LogP contribution in [0.15, 0.2) is 245 Å². The van der Waals surface area contributed by atoms with Crippen LogP contribution >= 0.6 is 15.9 Å². The third-order valence-electron chi connectivity index (χ3n) is 17.6. The van der Waals surface area contributed by atoms with E-state index in [0.29, 0.717) is 64.7 Å². The number of methoxy groups -OCH3 is 1. The van der Waals surface area contributed by atoms with Crippen molar-refractivity contribution in [2.75, 3.05) is 86.0 Å². The van der Waals surface area contributed by atoms with Crippen molar-refractivity contribution in [2.45, 2.75) is 177 Å². The van der Waals surface area contributed by atoms with Gasteiger partial charge in [0.05, 0.1) is 50.2 Å². The average Bonchev–Trinajstić information content (AvgIpc) is 1.64. The predicted octanol–water partition coefficient (Wildman–Crippen LogP) is 12.3. The van der Waals surface area contributed by atoms with Gasteiger partial charge in [0.25, 0.3) is 6.92 Å². The summed E-state index contributed by atoms with van der Waals surface area (Å²) in [6.07, 6.45) is 26.9. The number of allylic oxidation sites excluding steroid dienone is 8. The van der Waals surface area contributed by atoms with Crippen LogP contribution in [0, 0.1) is 48.7 Å². The zero-order valence-electron chi connectivity index (χ0n) is 79.4. The first-order valence-corrected chi connectivity index (χ1v) is 43.3. The fourth-order valence-electron chi connectivity index (χ4n) is 10.4. The molecule has 0 spiro atoms. The third kappa shape index (κ3) is 75.7. The first-order valence-electron chi connectivity index (χ1n) is 42.2. The largest absolute Gasteiger partial charge is 2.00 e. The molecule has 9 atom stereocenters. The van der Waals surface area contributed by atoms with Crippen LogP contribution in [0.2, 0.25) is 13.1 Å². The number of amides is 1. The number of aliphatic imine (C=N–C) groups is 2. The Morgan fingerprint density at radius 2 is 0.977 bits per heavy atom. The van der Waals surface area contributed by atoms with Crippen molar-refractivity contribution in [3.05, 3.63) is 271 Å². The molecule has 4 aliphatic rings. The van der Waals surface area contributed by atoms with Gasteiger partial charge < -0.3 is 102 Å². The number of esters is 3. The number of hydrogen-bond donors (Lipinski definition) is 5. The molecular formula is C100H151BBr3Mg2N5O18. The monoisotopic (exact) mass is 2010 g/mol. The summed E-state index contributed by atoms with van der Waals surface area (Å²) < 4.78 is 29.3. The second kappa shape index (κ2) is 98.1. The fourth-order valence-corrected chi connectivity index (χ4v) is 10.4. The molecule has 8 rings (SSSR count). The van der Waals surface area contributed by atoms with E-state index in [4.69, 9.17) is 60.2 Å². The second-order valence-corrected chi connectivity index (χ2v) is 28.6. The molecule has 0 aromatic heterocycles. The molecule has 4 aromatic carbocycles. The number of benzene rings is 4. The van der Waals surface area contributed by atoms with Gasteiger partial charge in [0.1, 0.15) is 12.1 Å². The van der Waals surface area contributed by atoms with Crippen molar-refractivity contribution in [1.29, 1.82) is 0 Å². The number of halogens is 3. The normalized spacial score (nSPS) is 15.2. The number of nitrogens with two attached hydrogens (primary N) is 2. The first kappa shape index (κ1) is 142. The molecule has 2 heterocycles. The van der Waals surface area contributed by atoms with Gasteiger partial charge in [0.2, 0.25) is 5.91 Å². The zero-order valence-corrected chi connectivity index (χ0v) is 87.0. The number of alkyl halides is 1. The maximum Gasteiger partial charge on any atom is 2.00 e. The van der Waals surface area contributed by atoms with Gasteiger partial charge in [-0.05, 0) is 129 Å². The number of hydrogen-bond acceptors (Lipinski definition) is 20. The van der Waals surface area contributed by atoms with Crippen molar-refractivity contribution in [3.8, 4) is 0 Å². The topological polar surface area (TPSA) is 342 Å². The maximum atomic E-state index is 12.2. The van der Waals surface area contributed by atoms with Gasteiger partial charge in [-0.1, -0.05) is 234 Å². The Kier molecular flexibility index (Phi) is 108. The number of carboxylic acids is 2. The fraction of sp³-hybridized carbons (Fsp3) is 0.460. The Balaban J connectivity index is -0.000000154. The predicted molar refractivity (Wildman–Crippen MR) is 528 cm³/mol. The Morgan fingerprint density at radius 3 is 1.26 bits per heavy atom. The number of carboxylic acid groups (broad SMARTS) is 2. The molecular weight excluding hydrogens is 1860 g/mol. The molecule has 0 radical (unpaired) electrons. The van der Waals surface area contributed by atoms with Crippen LogP contribution in [0.3, 0.4) is 0 Å². The number of hydroxylamine groups is 2. The molecule has 129 heavy (non-hydrogen) atoms. The number of ketones is 2. The van der Waals surface area contributed by atoms with Gasteiger partial charge in [-0.25, -0.2) is 9.86 Å². The molecule has 29 heteroatoms. The SMILES string of the molecule is C1CCOC1.C1CCOC1.C=CCBr.C=CCC(C)C(=O)C=C.C=CCC(C)C(=O)N(C)OC.C=CCC(C)C(=O)O.C=CCC(C)C(=O)OCC.C=CCC(N=C(c1ccccc1)c1ccccc1)C(=O)OCC.CB(O)CCC1CC(N)C(N)(C(=O)O)C1.CC1CC=CC1=O.CCOC.CCOC(=O)CN=C(c1ccccc1)c1ccccc1.[Br-].[Br-].[CH-]=C.[CH-]=C.[Mg+2].[Mg+2]. The zero-order chi connectivity index (χ0) is 96.2. The molecule has 0 bridgehead atoms. The number of nitrogens with zero attached hydrogens (tertiary/aromatic N) is 3. The van der Waals surface area contributed by atoms with Gasteiger partial charge in [-0.3, -0.25) is 61.5 Å². The molecule has 2 aliphatic heterocycles. The summed E-state index contributed by atoms with van der Waals surface area (Å²) in [5, 5.41) is 28.5. The molecule has 1 saturated carbocycles. The first-order chi connectivity index (χ1) is 59.8. The number of carbonyl (C=O) groups is 8. The van der Waals surface area contributed by atoms with Crippen LogP contribution in [0.4, 0.5) is 0 Å². The smallest absolute Gasteiger partial charge is 1.00 e. The van der Waals surface area contributed by atoms with E-state index < -0.39 is 29.6 Å². The van der Waals surface area contributed by atoms with E-state index in [-0.39, 0.29) is 164 Å². The summed E-state index contributed by atoms with van der Waals surface area (Å²) in [6, 6.07) is 38.3. The molecule has 7 N–H and O–H groups in total. The molecule has 4 aromatic rings. The Morgan fingerprint density at radius 1 is 0.605 bits per heavy atom. The van der Waals surface area contributed by atoms with Crippen LogP contribution in [0.1, 0.15) is 168 Å². The molecule has 2 aliphatic carbocycles. The van der Waals surface area contributed by atoms with Crippen molar-refractivity contribution in [2.24, 2.45) is 57.0 Å². The standard InChI is InChI=1S/C20H21NO2.C17H17NO2.C9H19BN2O3.C8H15NO2.C8H14O2.C8H12O.C6H10O2.C6H8O.2C4H8O.C3H5Br.C3H8O.2C2H3.2BrH.2Mg/c1-3-11-18(20(22)23-4-2)21-19(16-12-7-5-8-13-16)17-14-9-6-10-15-17;1-2-20-16(19)13-18-17(14-9-5-3-6-10-14)15-11-7-4-8-12-15;1-10(15)3-2-6-4-7(11)9(12,5-6)8(13)14;1-5-6-7(2)8(10)9(3)11-4;1-4-6-7(3)8(9)10-5-2;1-4-6-7(3)8(9)5-2;1-3-4-5(2)6(7)8;1-5-3-2-4-6(5)7;2*1-2-4-5-3-1;1-2-3-4;1-3-4-2;2*1-2;;;;/h3,5-10,12-15,18H,1,4,11H2,2H3;3-12H,2,13H2,1H3;6-7,15H,2-5,11-12H2,1H3,(H,13,14);5,7H,1,6H2,2-4H3;4,7H,1,5-6H2,2-3H3;4-5,7H,1-2,6H2,3H3;3,5H,1,4H2,2H3,(H,7,8);2,4-5H,3H2,1H3;2*1-4H2;2H,1,3H2;3H2,1-2H3;2*1H,2H2;2*1H;;/q;;;;;;;;;;;;2*-1;;;2*+2/p-2. The molecule has 2 saturated heterocycles. The number of aliphatic carboxylic acids is 2. The maximum absolute atomic E-state index is 12.2. The van der Waals surface area contributed by atoms with Gasteiger partial charge in [-0.2, -0.15) is 0 Å². The van der Waals surface area contributed by atoms with Crippen molar-refractivity contribution < 1.29 is 121 Å². The minimum absolute atomic E-state index is 0. The Labute approximate surface area is 836 Å². The van der Waals surface area contributed by atoms with Crippen LogP contribution in [0.5, 0.6) is 0 Å². The molecule has 23 nitrogen and oxygen atoms in total. The van der Waals surface area contributed by atoms with Gasteiger partial charge in [0.15, 0.2) is 17.6 Å². The average molecular weight is 2010 g/mol. The Bertz CT molecular complexity index is 3530. The van der Waals surface area contributed by atoms with E-state index in [1.807, 2.05) is 162 Å². The number of carbonyl (C=O) groups excluding carboxylic acids is 6. The number of rotatable bonds is 33. The minimum atomic E-state index is -1.27. The third-order valence-corrected chi connectivity index (χ3v) is 18.0. The summed E-state index contributed by atoms with van der Waals surface area (Å²) >= 11 is 3.13. The molecule has 3 fully saturated rings. The Hall–Kier alpha value is -7.46. The van der Waals surface area contributed by atoms with Gasteiger partial charge in [-0.15, -0.1) is 39.5 Å². The summed E-state index contributed by atoms with van der Waals surface area (Å²) in [6.45, 7) is 62.5. The van der Waals surface area contributed by atoms with Gasteiger partial charge in [0, 0.05) is 98.6 Å².